The number of hydrogen-bond acceptors (Lipinski definition) is 5. The Labute approximate surface area is 159 Å². The van der Waals surface area contributed by atoms with Gasteiger partial charge in [-0.25, -0.2) is 9.97 Å². The van der Waals surface area contributed by atoms with E-state index in [0.717, 1.165) is 11.3 Å². The van der Waals surface area contributed by atoms with E-state index in [4.69, 9.17) is 4.42 Å². The molecule has 140 valence electrons. The highest BCUT2D eigenvalue weighted by molar-refractivity contribution is 5.93. The van der Waals surface area contributed by atoms with Crippen LogP contribution in [0.5, 0.6) is 0 Å². The summed E-state index contributed by atoms with van der Waals surface area (Å²) in [7, 11) is 0. The molecule has 3 aromatic rings. The molecule has 0 aliphatic carbocycles. The standard InChI is InChI=1S/C21H24N4O2/c1-15(2)25(14-17-8-5-4-6-9-17)21(26)19-12-20(24-16(3)23-19)22-13-18-10-7-11-27-18/h4-12,15H,13-14H2,1-3H3,(H,22,23,24). The van der Waals surface area contributed by atoms with Gasteiger partial charge in [0, 0.05) is 18.7 Å². The van der Waals surface area contributed by atoms with Gasteiger partial charge in [0.2, 0.25) is 0 Å². The molecule has 0 saturated carbocycles. The summed E-state index contributed by atoms with van der Waals surface area (Å²) in [5.41, 5.74) is 1.47. The van der Waals surface area contributed by atoms with Crippen molar-refractivity contribution in [1.82, 2.24) is 14.9 Å². The highest BCUT2D eigenvalue weighted by atomic mass is 16.3. The third-order valence-electron chi connectivity index (χ3n) is 4.16. The van der Waals surface area contributed by atoms with Crippen molar-refractivity contribution in [3.8, 4) is 0 Å². The van der Waals surface area contributed by atoms with Crippen LogP contribution in [0, 0.1) is 6.92 Å². The SMILES string of the molecule is Cc1nc(NCc2ccco2)cc(C(=O)N(Cc2ccccc2)C(C)C)n1. The number of rotatable bonds is 7. The Bertz CT molecular complexity index is 876. The molecular formula is C21H24N4O2. The van der Waals surface area contributed by atoms with E-state index in [9.17, 15) is 4.79 Å². The topological polar surface area (TPSA) is 71.3 Å². The minimum atomic E-state index is -0.111. The van der Waals surface area contributed by atoms with Gasteiger partial charge in [-0.3, -0.25) is 4.79 Å². The van der Waals surface area contributed by atoms with Gasteiger partial charge in [0.05, 0.1) is 12.8 Å². The summed E-state index contributed by atoms with van der Waals surface area (Å²) in [6.45, 7) is 6.83. The molecule has 0 aliphatic heterocycles. The van der Waals surface area contributed by atoms with Crippen LogP contribution in [-0.2, 0) is 13.1 Å². The summed E-state index contributed by atoms with van der Waals surface area (Å²) in [5.74, 6) is 1.84. The van der Waals surface area contributed by atoms with E-state index in [1.807, 2.05) is 61.2 Å². The van der Waals surface area contributed by atoms with Crippen LogP contribution in [0.3, 0.4) is 0 Å². The predicted molar refractivity (Wildman–Crippen MR) is 104 cm³/mol. The van der Waals surface area contributed by atoms with Crippen molar-refractivity contribution in [1.29, 1.82) is 0 Å². The number of aromatic nitrogens is 2. The number of nitrogens with one attached hydrogen (secondary N) is 1. The number of carbonyl (C=O) groups is 1. The molecular weight excluding hydrogens is 340 g/mol. The van der Waals surface area contributed by atoms with Gasteiger partial charge in [-0.2, -0.15) is 0 Å². The molecule has 1 N–H and O–H groups in total. The van der Waals surface area contributed by atoms with E-state index in [1.165, 1.54) is 0 Å². The number of anilines is 1. The van der Waals surface area contributed by atoms with Crippen molar-refractivity contribution in [2.24, 2.45) is 0 Å². The average molecular weight is 364 g/mol. The normalized spacial score (nSPS) is 10.8. The summed E-state index contributed by atoms with van der Waals surface area (Å²) in [6, 6.07) is 15.4. The molecule has 0 spiro atoms. The van der Waals surface area contributed by atoms with E-state index in [-0.39, 0.29) is 11.9 Å². The predicted octanol–water partition coefficient (Wildman–Crippen LogP) is 4.04. The zero-order valence-electron chi connectivity index (χ0n) is 15.8. The molecule has 0 fully saturated rings. The van der Waals surface area contributed by atoms with Crippen LogP contribution in [0.2, 0.25) is 0 Å². The maximum Gasteiger partial charge on any atom is 0.273 e. The minimum absolute atomic E-state index is 0.0486. The quantitative estimate of drug-likeness (QED) is 0.685. The second-order valence-corrected chi connectivity index (χ2v) is 6.63. The molecule has 0 aliphatic rings. The van der Waals surface area contributed by atoms with Crippen LogP contribution in [0.1, 0.15) is 41.5 Å². The van der Waals surface area contributed by atoms with Gasteiger partial charge < -0.3 is 14.6 Å². The first-order valence-electron chi connectivity index (χ1n) is 9.00. The maximum absolute atomic E-state index is 13.1. The number of furan rings is 1. The Hall–Kier alpha value is -3.15. The van der Waals surface area contributed by atoms with Crippen molar-refractivity contribution >= 4 is 11.7 Å². The lowest BCUT2D eigenvalue weighted by atomic mass is 10.1. The number of hydrogen-bond donors (Lipinski definition) is 1. The fourth-order valence-corrected chi connectivity index (χ4v) is 2.77. The van der Waals surface area contributed by atoms with Gasteiger partial charge in [0.1, 0.15) is 23.1 Å². The van der Waals surface area contributed by atoms with Gasteiger partial charge in [0.25, 0.3) is 5.91 Å². The van der Waals surface area contributed by atoms with E-state index < -0.39 is 0 Å². The van der Waals surface area contributed by atoms with Crippen molar-refractivity contribution in [3.05, 3.63) is 77.6 Å². The fraction of sp³-hybridized carbons (Fsp3) is 0.286. The molecule has 27 heavy (non-hydrogen) atoms. The van der Waals surface area contributed by atoms with Gasteiger partial charge >= 0.3 is 0 Å². The van der Waals surface area contributed by atoms with Crippen molar-refractivity contribution in [3.63, 3.8) is 0 Å². The van der Waals surface area contributed by atoms with Crippen LogP contribution < -0.4 is 5.32 Å². The second-order valence-electron chi connectivity index (χ2n) is 6.63. The van der Waals surface area contributed by atoms with Gasteiger partial charge in [-0.05, 0) is 38.5 Å². The summed E-state index contributed by atoms with van der Waals surface area (Å²) < 4.78 is 5.32. The number of benzene rings is 1. The molecule has 6 heteroatoms. The van der Waals surface area contributed by atoms with Crippen molar-refractivity contribution in [2.75, 3.05) is 5.32 Å². The zero-order chi connectivity index (χ0) is 19.2. The molecule has 6 nitrogen and oxygen atoms in total. The van der Waals surface area contributed by atoms with Crippen LogP contribution in [-0.4, -0.2) is 26.8 Å². The lowest BCUT2D eigenvalue weighted by Gasteiger charge is -2.26. The Morgan fingerprint density at radius 2 is 1.93 bits per heavy atom. The first kappa shape index (κ1) is 18.6. The third kappa shape index (κ3) is 4.94. The highest BCUT2D eigenvalue weighted by Crippen LogP contribution is 2.15. The molecule has 0 radical (unpaired) electrons. The lowest BCUT2D eigenvalue weighted by Crippen LogP contribution is -2.37. The highest BCUT2D eigenvalue weighted by Gasteiger charge is 2.21. The molecule has 3 rings (SSSR count). The lowest BCUT2D eigenvalue weighted by molar-refractivity contribution is 0.0684. The van der Waals surface area contributed by atoms with Crippen molar-refractivity contribution in [2.45, 2.75) is 39.9 Å². The number of carbonyl (C=O) groups excluding carboxylic acids is 1. The first-order valence-corrected chi connectivity index (χ1v) is 9.00. The monoisotopic (exact) mass is 364 g/mol. The Kier molecular flexibility index (Phi) is 5.86. The molecule has 2 heterocycles. The number of nitrogens with zero attached hydrogens (tertiary/aromatic N) is 3. The second kappa shape index (κ2) is 8.49. The van der Waals surface area contributed by atoms with E-state index in [2.05, 4.69) is 15.3 Å². The smallest absolute Gasteiger partial charge is 0.273 e. The van der Waals surface area contributed by atoms with Crippen LogP contribution >= 0.6 is 0 Å². The number of aryl methyl sites for hydroxylation is 1. The van der Waals surface area contributed by atoms with E-state index >= 15 is 0 Å². The Balaban J connectivity index is 1.79. The van der Waals surface area contributed by atoms with Crippen LogP contribution in [0.4, 0.5) is 5.82 Å². The summed E-state index contributed by atoms with van der Waals surface area (Å²) in [4.78, 5) is 23.7. The maximum atomic E-state index is 13.1. The van der Waals surface area contributed by atoms with E-state index in [1.54, 1.807) is 19.3 Å². The molecule has 0 unspecified atom stereocenters. The Morgan fingerprint density at radius 3 is 2.59 bits per heavy atom. The minimum Gasteiger partial charge on any atom is -0.467 e. The molecule has 1 amide bonds. The largest absolute Gasteiger partial charge is 0.467 e. The first-order chi connectivity index (χ1) is 13.0. The summed E-state index contributed by atoms with van der Waals surface area (Å²) >= 11 is 0. The van der Waals surface area contributed by atoms with Gasteiger partial charge in [-0.15, -0.1) is 0 Å². The Morgan fingerprint density at radius 1 is 1.15 bits per heavy atom. The van der Waals surface area contributed by atoms with Crippen LogP contribution in [0.15, 0.2) is 59.2 Å². The summed E-state index contributed by atoms with van der Waals surface area (Å²) in [6.07, 6.45) is 1.63. The fourth-order valence-electron chi connectivity index (χ4n) is 2.77. The molecule has 2 aromatic heterocycles. The molecule has 0 atom stereocenters. The van der Waals surface area contributed by atoms with Gasteiger partial charge in [-0.1, -0.05) is 30.3 Å². The third-order valence-corrected chi connectivity index (χ3v) is 4.16. The molecule has 0 saturated heterocycles. The van der Waals surface area contributed by atoms with Crippen LogP contribution in [0.25, 0.3) is 0 Å². The molecule has 1 aromatic carbocycles. The van der Waals surface area contributed by atoms with Crippen molar-refractivity contribution < 1.29 is 9.21 Å². The zero-order valence-corrected chi connectivity index (χ0v) is 15.8. The number of amides is 1. The molecule has 0 bridgehead atoms. The summed E-state index contributed by atoms with van der Waals surface area (Å²) in [5, 5.41) is 3.19. The average Bonchev–Trinajstić information content (AvgIpc) is 3.18. The van der Waals surface area contributed by atoms with Gasteiger partial charge in [0.15, 0.2) is 0 Å². The van der Waals surface area contributed by atoms with E-state index in [0.29, 0.717) is 30.4 Å².